The molecule has 3 N–H and O–H groups in total. The normalized spacial score (nSPS) is 16.4. The molecule has 1 fully saturated rings. The molecule has 1 heterocycles. The van der Waals surface area contributed by atoms with E-state index in [-0.39, 0.29) is 5.84 Å². The monoisotopic (exact) mass is 203 g/mol. The fraction of sp³-hybridized carbons (Fsp3) is 0.417. The maximum absolute atomic E-state index is 7.55. The van der Waals surface area contributed by atoms with Gasteiger partial charge in [-0.2, -0.15) is 0 Å². The number of nitrogens with one attached hydrogen (secondary N) is 1. The van der Waals surface area contributed by atoms with Gasteiger partial charge in [-0.1, -0.05) is 12.1 Å². The number of amidine groups is 1. The summed E-state index contributed by atoms with van der Waals surface area (Å²) in [5, 5.41) is 7.55. The highest BCUT2D eigenvalue weighted by Gasteiger charge is 2.14. The van der Waals surface area contributed by atoms with Crippen molar-refractivity contribution < 1.29 is 0 Å². The first kappa shape index (κ1) is 10.0. The van der Waals surface area contributed by atoms with Crippen LogP contribution in [0.3, 0.4) is 0 Å². The molecule has 15 heavy (non-hydrogen) atoms. The first-order valence-corrected chi connectivity index (χ1v) is 5.47. The first-order valence-electron chi connectivity index (χ1n) is 5.47. The number of hydrogen-bond acceptors (Lipinski definition) is 2. The van der Waals surface area contributed by atoms with Gasteiger partial charge in [-0.05, 0) is 31.4 Å². The zero-order valence-electron chi connectivity index (χ0n) is 8.87. The van der Waals surface area contributed by atoms with Crippen LogP contribution in [0.1, 0.15) is 24.8 Å². The summed E-state index contributed by atoms with van der Waals surface area (Å²) in [5.41, 5.74) is 7.55. The van der Waals surface area contributed by atoms with Crippen LogP contribution in [0.5, 0.6) is 0 Å². The van der Waals surface area contributed by atoms with Crippen molar-refractivity contribution >= 4 is 11.5 Å². The van der Waals surface area contributed by atoms with E-state index in [1.807, 2.05) is 18.2 Å². The van der Waals surface area contributed by atoms with Crippen molar-refractivity contribution in [3.63, 3.8) is 0 Å². The zero-order valence-corrected chi connectivity index (χ0v) is 8.87. The molecule has 0 radical (unpaired) electrons. The van der Waals surface area contributed by atoms with Crippen LogP contribution in [0, 0.1) is 5.41 Å². The van der Waals surface area contributed by atoms with Gasteiger partial charge in [-0.3, -0.25) is 5.41 Å². The van der Waals surface area contributed by atoms with Crippen molar-refractivity contribution in [2.75, 3.05) is 18.0 Å². The molecule has 0 spiro atoms. The second-order valence-corrected chi connectivity index (χ2v) is 3.98. The van der Waals surface area contributed by atoms with E-state index in [9.17, 15) is 0 Å². The van der Waals surface area contributed by atoms with Gasteiger partial charge in [-0.15, -0.1) is 0 Å². The van der Waals surface area contributed by atoms with Gasteiger partial charge in [0.1, 0.15) is 5.84 Å². The molecule has 3 heteroatoms. The predicted molar refractivity (Wildman–Crippen MR) is 63.5 cm³/mol. The van der Waals surface area contributed by atoms with E-state index in [1.54, 1.807) is 0 Å². The maximum Gasteiger partial charge on any atom is 0.124 e. The molecular formula is C12H17N3. The summed E-state index contributed by atoms with van der Waals surface area (Å²) >= 11 is 0. The molecule has 0 aromatic heterocycles. The molecule has 1 aliphatic rings. The van der Waals surface area contributed by atoms with E-state index >= 15 is 0 Å². The Bertz CT molecular complexity index is 354. The number of rotatable bonds is 2. The molecule has 1 aromatic carbocycles. The van der Waals surface area contributed by atoms with Crippen molar-refractivity contribution in [1.82, 2.24) is 0 Å². The Hall–Kier alpha value is -1.51. The highest BCUT2D eigenvalue weighted by Crippen LogP contribution is 2.23. The number of benzene rings is 1. The van der Waals surface area contributed by atoms with Gasteiger partial charge >= 0.3 is 0 Å². The van der Waals surface area contributed by atoms with Crippen molar-refractivity contribution in [2.24, 2.45) is 5.73 Å². The molecule has 80 valence electrons. The van der Waals surface area contributed by atoms with Gasteiger partial charge in [0.05, 0.1) is 0 Å². The number of nitrogens with zero attached hydrogens (tertiary/aromatic N) is 1. The van der Waals surface area contributed by atoms with Crippen LogP contribution in [0.2, 0.25) is 0 Å². The summed E-state index contributed by atoms with van der Waals surface area (Å²) in [6, 6.07) is 7.93. The lowest BCUT2D eigenvalue weighted by Gasteiger charge is -2.30. The fourth-order valence-electron chi connectivity index (χ4n) is 2.11. The third-order valence-electron chi connectivity index (χ3n) is 2.89. The smallest absolute Gasteiger partial charge is 0.124 e. The van der Waals surface area contributed by atoms with Crippen molar-refractivity contribution in [3.8, 4) is 0 Å². The Labute approximate surface area is 90.4 Å². The lowest BCUT2D eigenvalue weighted by Crippen LogP contribution is -2.31. The predicted octanol–water partition coefficient (Wildman–Crippen LogP) is 1.96. The Morgan fingerprint density at radius 2 is 1.80 bits per heavy atom. The Balaban J connectivity index is 2.29. The van der Waals surface area contributed by atoms with Crippen LogP contribution < -0.4 is 10.6 Å². The van der Waals surface area contributed by atoms with E-state index in [2.05, 4.69) is 11.0 Å². The van der Waals surface area contributed by atoms with Gasteiger partial charge in [0.2, 0.25) is 0 Å². The largest absolute Gasteiger partial charge is 0.384 e. The zero-order chi connectivity index (χ0) is 10.7. The molecule has 3 nitrogen and oxygen atoms in total. The number of nitrogen functional groups attached to an aromatic ring is 1. The van der Waals surface area contributed by atoms with Gasteiger partial charge in [0.25, 0.3) is 0 Å². The number of hydrogen-bond donors (Lipinski definition) is 2. The first-order chi connectivity index (χ1) is 7.29. The third kappa shape index (κ3) is 2.12. The molecule has 0 atom stereocenters. The molecule has 0 saturated carbocycles. The molecule has 0 aliphatic carbocycles. The number of anilines is 1. The van der Waals surface area contributed by atoms with Gasteiger partial charge < -0.3 is 10.6 Å². The molecule has 1 saturated heterocycles. The summed E-state index contributed by atoms with van der Waals surface area (Å²) < 4.78 is 0. The minimum atomic E-state index is 0.163. The topological polar surface area (TPSA) is 53.1 Å². The van der Waals surface area contributed by atoms with Crippen LogP contribution >= 0.6 is 0 Å². The second-order valence-electron chi connectivity index (χ2n) is 3.98. The highest BCUT2D eigenvalue weighted by atomic mass is 15.1. The minimum Gasteiger partial charge on any atom is -0.384 e. The van der Waals surface area contributed by atoms with Crippen LogP contribution in [0.25, 0.3) is 0 Å². The van der Waals surface area contributed by atoms with Crippen LogP contribution in [-0.2, 0) is 0 Å². The summed E-state index contributed by atoms with van der Waals surface area (Å²) in [4.78, 5) is 2.33. The third-order valence-corrected chi connectivity index (χ3v) is 2.89. The van der Waals surface area contributed by atoms with E-state index in [0.29, 0.717) is 0 Å². The Morgan fingerprint density at radius 3 is 2.47 bits per heavy atom. The summed E-state index contributed by atoms with van der Waals surface area (Å²) in [5.74, 6) is 0.163. The summed E-state index contributed by atoms with van der Waals surface area (Å²) in [7, 11) is 0. The van der Waals surface area contributed by atoms with E-state index in [0.717, 1.165) is 24.3 Å². The van der Waals surface area contributed by atoms with Crippen LogP contribution in [0.15, 0.2) is 24.3 Å². The minimum absolute atomic E-state index is 0.163. The second kappa shape index (κ2) is 4.34. The number of para-hydroxylation sites is 1. The molecule has 2 rings (SSSR count). The quantitative estimate of drug-likeness (QED) is 0.570. The Kier molecular flexibility index (Phi) is 2.90. The van der Waals surface area contributed by atoms with Crippen molar-refractivity contribution in [2.45, 2.75) is 19.3 Å². The summed E-state index contributed by atoms with van der Waals surface area (Å²) in [6.45, 7) is 2.18. The van der Waals surface area contributed by atoms with E-state index < -0.39 is 0 Å². The average Bonchev–Trinajstić information content (AvgIpc) is 2.30. The van der Waals surface area contributed by atoms with E-state index in [1.165, 1.54) is 19.3 Å². The molecular weight excluding hydrogens is 186 g/mol. The fourth-order valence-corrected chi connectivity index (χ4v) is 2.11. The van der Waals surface area contributed by atoms with Gasteiger partial charge in [0.15, 0.2) is 0 Å². The standard InChI is InChI=1S/C12H17N3/c13-12(14)10-6-2-3-7-11(10)15-8-4-1-5-9-15/h2-3,6-7H,1,4-5,8-9H2,(H3,13,14). The van der Waals surface area contributed by atoms with Gasteiger partial charge in [-0.25, -0.2) is 0 Å². The molecule has 1 aliphatic heterocycles. The Morgan fingerprint density at radius 1 is 1.13 bits per heavy atom. The SMILES string of the molecule is N=C(N)c1ccccc1N1CCCCC1. The summed E-state index contributed by atoms with van der Waals surface area (Å²) in [6.07, 6.45) is 3.80. The highest BCUT2D eigenvalue weighted by molar-refractivity contribution is 6.00. The van der Waals surface area contributed by atoms with Crippen molar-refractivity contribution in [3.05, 3.63) is 29.8 Å². The van der Waals surface area contributed by atoms with Gasteiger partial charge in [0, 0.05) is 24.3 Å². The maximum atomic E-state index is 7.55. The van der Waals surface area contributed by atoms with Crippen molar-refractivity contribution in [1.29, 1.82) is 5.41 Å². The molecule has 0 unspecified atom stereocenters. The average molecular weight is 203 g/mol. The van der Waals surface area contributed by atoms with E-state index in [4.69, 9.17) is 11.1 Å². The molecule has 0 amide bonds. The molecule has 1 aromatic rings. The molecule has 0 bridgehead atoms. The lowest BCUT2D eigenvalue weighted by molar-refractivity contribution is 0.577. The number of nitrogens with two attached hydrogens (primary N) is 1. The van der Waals surface area contributed by atoms with Crippen LogP contribution in [0.4, 0.5) is 5.69 Å². The number of piperidine rings is 1. The lowest BCUT2D eigenvalue weighted by atomic mass is 10.1. The van der Waals surface area contributed by atoms with Crippen LogP contribution in [-0.4, -0.2) is 18.9 Å².